The minimum Gasteiger partial charge on any atom is -0.480 e. The van der Waals surface area contributed by atoms with E-state index in [2.05, 4.69) is 27.4 Å². The number of H-pyrrole nitrogens is 1. The molecule has 5 rings (SSSR count). The number of fused-ring (bicyclic) bond motifs is 3. The summed E-state index contributed by atoms with van der Waals surface area (Å²) < 4.78 is 5.61. The number of hydrogen-bond donors (Lipinski definition) is 3. The average Bonchev–Trinajstić information content (AvgIpc) is 3.47. The van der Waals surface area contributed by atoms with E-state index in [1.165, 1.54) is 11.2 Å². The Bertz CT molecular complexity index is 1190. The Morgan fingerprint density at radius 2 is 1.74 bits per heavy atom. The Kier molecular flexibility index (Phi) is 6.22. The molecule has 0 bridgehead atoms. The first-order valence-corrected chi connectivity index (χ1v) is 11.6. The Hall–Kier alpha value is -4.14. The molecule has 9 heteroatoms. The second-order valence-electron chi connectivity index (χ2n) is 8.89. The van der Waals surface area contributed by atoms with Gasteiger partial charge in [0.1, 0.15) is 19.2 Å². The molecule has 2 aliphatic carbocycles. The van der Waals surface area contributed by atoms with Crippen molar-refractivity contribution in [1.82, 2.24) is 20.2 Å². The number of benzene rings is 2. The molecule has 3 aromatic rings. The number of amides is 2. The highest BCUT2D eigenvalue weighted by Gasteiger charge is 2.38. The molecule has 2 aliphatic rings. The maximum atomic E-state index is 13.3. The van der Waals surface area contributed by atoms with Gasteiger partial charge in [-0.25, -0.2) is 9.78 Å². The van der Waals surface area contributed by atoms with Gasteiger partial charge < -0.3 is 25.0 Å². The fourth-order valence-electron chi connectivity index (χ4n) is 4.72. The van der Waals surface area contributed by atoms with E-state index in [0.29, 0.717) is 5.69 Å². The Balaban J connectivity index is 1.30. The van der Waals surface area contributed by atoms with Gasteiger partial charge in [0.05, 0.1) is 6.33 Å². The number of nitrogens with zero attached hydrogens (tertiary/aromatic N) is 2. The molecule has 1 aromatic heterocycles. The van der Waals surface area contributed by atoms with Crippen LogP contribution in [0, 0.1) is 0 Å². The highest BCUT2D eigenvalue weighted by Crippen LogP contribution is 2.44. The standard InChI is InChI=1S/C26H26N4O5/c31-24(32)13-30(17-9-10-17)25(33)23(11-16-12-27-15-28-16)29-26(34)35-14-22-20-7-3-1-5-18(20)19-6-2-4-8-21(19)22/h1-8,12,15,17,22-23H,9-11,13-14H2,(H,27,28)(H,29,34)(H,31,32)/t23-/m0/s1. The Morgan fingerprint density at radius 1 is 1.09 bits per heavy atom. The van der Waals surface area contributed by atoms with E-state index in [1.807, 2.05) is 36.4 Å². The van der Waals surface area contributed by atoms with Crippen LogP contribution in [0.4, 0.5) is 4.79 Å². The fraction of sp³-hybridized carbons (Fsp3) is 0.308. The number of ether oxygens (including phenoxy) is 1. The van der Waals surface area contributed by atoms with Gasteiger partial charge >= 0.3 is 12.1 Å². The van der Waals surface area contributed by atoms with Crippen molar-refractivity contribution in [3.8, 4) is 11.1 Å². The summed E-state index contributed by atoms with van der Waals surface area (Å²) >= 11 is 0. The molecule has 1 saturated carbocycles. The number of nitrogens with one attached hydrogen (secondary N) is 2. The first kappa shape index (κ1) is 22.6. The van der Waals surface area contributed by atoms with Crippen LogP contribution in [0.25, 0.3) is 11.1 Å². The molecule has 0 saturated heterocycles. The van der Waals surface area contributed by atoms with Gasteiger partial charge in [-0.1, -0.05) is 48.5 Å². The highest BCUT2D eigenvalue weighted by molar-refractivity contribution is 5.89. The third-order valence-corrected chi connectivity index (χ3v) is 6.49. The van der Waals surface area contributed by atoms with Gasteiger partial charge in [0, 0.05) is 30.3 Å². The number of carbonyl (C=O) groups is 3. The predicted octanol–water partition coefficient (Wildman–Crippen LogP) is 2.94. The van der Waals surface area contributed by atoms with Gasteiger partial charge in [-0.15, -0.1) is 0 Å². The van der Waals surface area contributed by atoms with Crippen LogP contribution in [0.2, 0.25) is 0 Å². The average molecular weight is 475 g/mol. The Labute approximate surface area is 202 Å². The number of aromatic nitrogens is 2. The SMILES string of the molecule is O=C(O)CN(C(=O)[C@H](Cc1cnc[nH]1)NC(=O)OCC1c2ccccc2-c2ccccc21)C1CC1. The fourth-order valence-corrected chi connectivity index (χ4v) is 4.72. The van der Waals surface area contributed by atoms with Crippen LogP contribution in [0.15, 0.2) is 61.1 Å². The van der Waals surface area contributed by atoms with Gasteiger partial charge in [-0.3, -0.25) is 9.59 Å². The third-order valence-electron chi connectivity index (χ3n) is 6.49. The molecule has 1 atom stereocenters. The lowest BCUT2D eigenvalue weighted by molar-refractivity contribution is -0.145. The molecule has 9 nitrogen and oxygen atoms in total. The lowest BCUT2D eigenvalue weighted by atomic mass is 9.98. The second kappa shape index (κ2) is 9.61. The van der Waals surface area contributed by atoms with Crippen LogP contribution in [0.3, 0.4) is 0 Å². The molecule has 0 aliphatic heterocycles. The lowest BCUT2D eigenvalue weighted by Crippen LogP contribution is -2.52. The quantitative estimate of drug-likeness (QED) is 0.438. The van der Waals surface area contributed by atoms with Crippen molar-refractivity contribution in [2.24, 2.45) is 0 Å². The number of imidazole rings is 1. The topological polar surface area (TPSA) is 125 Å². The first-order valence-electron chi connectivity index (χ1n) is 11.6. The number of hydrogen-bond acceptors (Lipinski definition) is 5. The largest absolute Gasteiger partial charge is 0.480 e. The maximum Gasteiger partial charge on any atom is 0.407 e. The van der Waals surface area contributed by atoms with E-state index in [9.17, 15) is 19.5 Å². The minimum absolute atomic E-state index is 0.107. The normalized spacial score (nSPS) is 15.1. The molecule has 1 fully saturated rings. The Morgan fingerprint density at radius 3 is 2.31 bits per heavy atom. The summed E-state index contributed by atoms with van der Waals surface area (Å²) in [6.07, 6.45) is 3.97. The highest BCUT2D eigenvalue weighted by atomic mass is 16.5. The van der Waals surface area contributed by atoms with Crippen LogP contribution in [0.1, 0.15) is 35.6 Å². The molecule has 0 spiro atoms. The molecule has 0 radical (unpaired) electrons. The number of carboxylic acids is 1. The van der Waals surface area contributed by atoms with Crippen LogP contribution in [0.5, 0.6) is 0 Å². The van der Waals surface area contributed by atoms with Gasteiger partial charge in [-0.2, -0.15) is 0 Å². The molecule has 180 valence electrons. The van der Waals surface area contributed by atoms with Crippen molar-refractivity contribution in [2.45, 2.75) is 37.3 Å². The van der Waals surface area contributed by atoms with E-state index in [0.717, 1.165) is 35.1 Å². The van der Waals surface area contributed by atoms with Crippen molar-refractivity contribution >= 4 is 18.0 Å². The number of aliphatic carboxylic acids is 1. The van der Waals surface area contributed by atoms with Crippen molar-refractivity contribution in [1.29, 1.82) is 0 Å². The third kappa shape index (κ3) is 4.89. The first-order chi connectivity index (χ1) is 17.0. The summed E-state index contributed by atoms with van der Waals surface area (Å²) in [6, 6.07) is 15.0. The smallest absolute Gasteiger partial charge is 0.407 e. The zero-order valence-electron chi connectivity index (χ0n) is 19.0. The summed E-state index contributed by atoms with van der Waals surface area (Å²) in [5, 5.41) is 11.9. The molecular weight excluding hydrogens is 448 g/mol. The molecule has 0 unspecified atom stereocenters. The summed E-state index contributed by atoms with van der Waals surface area (Å²) in [5.41, 5.74) is 5.07. The van der Waals surface area contributed by atoms with E-state index in [4.69, 9.17) is 4.74 Å². The zero-order valence-corrected chi connectivity index (χ0v) is 19.0. The van der Waals surface area contributed by atoms with Crippen molar-refractivity contribution in [3.05, 3.63) is 77.9 Å². The van der Waals surface area contributed by atoms with E-state index in [-0.39, 0.29) is 25.0 Å². The summed E-state index contributed by atoms with van der Waals surface area (Å²) in [6.45, 7) is -0.290. The van der Waals surface area contributed by atoms with Gasteiger partial charge in [-0.05, 0) is 35.1 Å². The van der Waals surface area contributed by atoms with Crippen molar-refractivity contribution in [2.75, 3.05) is 13.2 Å². The van der Waals surface area contributed by atoms with E-state index in [1.54, 1.807) is 6.20 Å². The monoisotopic (exact) mass is 474 g/mol. The summed E-state index contributed by atoms with van der Waals surface area (Å²) in [7, 11) is 0. The summed E-state index contributed by atoms with van der Waals surface area (Å²) in [5.74, 6) is -1.64. The number of rotatable bonds is 9. The van der Waals surface area contributed by atoms with Crippen molar-refractivity contribution < 1.29 is 24.2 Å². The second-order valence-corrected chi connectivity index (χ2v) is 8.89. The predicted molar refractivity (Wildman–Crippen MR) is 127 cm³/mol. The number of aromatic amines is 1. The van der Waals surface area contributed by atoms with E-state index >= 15 is 0 Å². The lowest BCUT2D eigenvalue weighted by Gasteiger charge is -2.26. The van der Waals surface area contributed by atoms with Crippen LogP contribution < -0.4 is 5.32 Å². The molecule has 2 amide bonds. The van der Waals surface area contributed by atoms with E-state index < -0.39 is 30.6 Å². The van der Waals surface area contributed by atoms with Gasteiger partial charge in [0.25, 0.3) is 0 Å². The molecular formula is C26H26N4O5. The molecule has 3 N–H and O–H groups in total. The van der Waals surface area contributed by atoms with Gasteiger partial charge in [0.15, 0.2) is 0 Å². The van der Waals surface area contributed by atoms with Crippen LogP contribution in [-0.2, 0) is 20.7 Å². The number of carbonyl (C=O) groups excluding carboxylic acids is 2. The van der Waals surface area contributed by atoms with Crippen LogP contribution in [-0.4, -0.2) is 63.2 Å². The summed E-state index contributed by atoms with van der Waals surface area (Å²) in [4.78, 5) is 45.7. The van der Waals surface area contributed by atoms with Gasteiger partial charge in [0.2, 0.25) is 5.91 Å². The van der Waals surface area contributed by atoms with Crippen molar-refractivity contribution in [3.63, 3.8) is 0 Å². The molecule has 2 aromatic carbocycles. The zero-order chi connectivity index (χ0) is 24.4. The maximum absolute atomic E-state index is 13.3. The number of alkyl carbamates (subject to hydrolysis) is 1. The van der Waals surface area contributed by atoms with Crippen LogP contribution >= 0.6 is 0 Å². The molecule has 1 heterocycles. The number of carboxylic acid groups (broad SMARTS) is 1. The molecule has 35 heavy (non-hydrogen) atoms. The minimum atomic E-state index is -1.09.